The number of aromatic amines is 1. The van der Waals surface area contributed by atoms with E-state index in [-0.39, 0.29) is 17.7 Å². The summed E-state index contributed by atoms with van der Waals surface area (Å²) >= 11 is 12.4. The van der Waals surface area contributed by atoms with E-state index in [0.29, 0.717) is 23.0 Å². The summed E-state index contributed by atoms with van der Waals surface area (Å²) in [5.41, 5.74) is 5.45. The van der Waals surface area contributed by atoms with Crippen molar-refractivity contribution in [2.24, 2.45) is 0 Å². The minimum Gasteiger partial charge on any atom is -0.508 e. The van der Waals surface area contributed by atoms with E-state index in [2.05, 4.69) is 11.1 Å². The number of amides is 3. The van der Waals surface area contributed by atoms with Crippen LogP contribution in [0.3, 0.4) is 0 Å². The fraction of sp³-hybridized carbons (Fsp3) is 0.241. The SMILES string of the molecule is CCCCN1C(=O)[C@@H]2Cc3c([nH]c4ccc(-c5ccc(Cl)c(Cl)c5)cc34)[C@@H](c3cccc(O)c3)N2C1=O. The van der Waals surface area contributed by atoms with Gasteiger partial charge in [-0.15, -0.1) is 0 Å². The third-order valence-corrected chi connectivity index (χ3v) is 8.14. The molecule has 0 bridgehead atoms. The maximum absolute atomic E-state index is 13.6. The van der Waals surface area contributed by atoms with E-state index in [1.807, 2.05) is 37.3 Å². The Bertz CT molecular complexity index is 1560. The molecule has 0 radical (unpaired) electrons. The standard InChI is InChI=1S/C29H25Cl2N3O3/c1-2-3-11-33-28(36)25-15-21-20-13-16(17-7-9-22(30)23(31)14-17)8-10-24(20)32-26(21)27(34(25)29(33)37)18-5-4-6-19(35)12-18/h4-10,12-14,25,27,32,35H,2-3,11,15H2,1H3/t25-,27+/m0/s1. The summed E-state index contributed by atoms with van der Waals surface area (Å²) in [6, 6.07) is 17.2. The van der Waals surface area contributed by atoms with Gasteiger partial charge < -0.3 is 10.1 Å². The summed E-state index contributed by atoms with van der Waals surface area (Å²) in [5.74, 6) is -0.0516. The third kappa shape index (κ3) is 3.87. The maximum atomic E-state index is 13.6. The van der Waals surface area contributed by atoms with Crippen molar-refractivity contribution in [1.82, 2.24) is 14.8 Å². The molecule has 2 aliphatic heterocycles. The van der Waals surface area contributed by atoms with Crippen LogP contribution in [-0.4, -0.2) is 44.4 Å². The normalized spacial score (nSPS) is 19.0. The summed E-state index contributed by atoms with van der Waals surface area (Å²) in [6.07, 6.45) is 2.07. The second-order valence-corrected chi connectivity index (χ2v) is 10.5. The number of rotatable bonds is 5. The van der Waals surface area contributed by atoms with Gasteiger partial charge >= 0.3 is 6.03 Å². The molecule has 0 saturated carbocycles. The average Bonchev–Trinajstić information content (AvgIpc) is 3.37. The van der Waals surface area contributed by atoms with E-state index in [1.54, 1.807) is 29.2 Å². The zero-order valence-corrected chi connectivity index (χ0v) is 21.7. The lowest BCUT2D eigenvalue weighted by Gasteiger charge is -2.36. The molecule has 0 unspecified atom stereocenters. The maximum Gasteiger partial charge on any atom is 0.328 e. The highest BCUT2D eigenvalue weighted by Gasteiger charge is 2.52. The second kappa shape index (κ2) is 9.12. The van der Waals surface area contributed by atoms with Gasteiger partial charge in [0.05, 0.1) is 10.0 Å². The Morgan fingerprint density at radius 1 is 1.00 bits per heavy atom. The first-order valence-electron chi connectivity index (χ1n) is 12.4. The van der Waals surface area contributed by atoms with Gasteiger partial charge in [0.1, 0.15) is 17.8 Å². The molecule has 188 valence electrons. The number of H-pyrrole nitrogens is 1. The number of hydrogen-bond donors (Lipinski definition) is 2. The molecule has 2 N–H and O–H groups in total. The number of imide groups is 1. The molecule has 1 fully saturated rings. The number of phenols is 1. The number of carbonyl (C=O) groups is 2. The van der Waals surface area contributed by atoms with Crippen LogP contribution in [0.4, 0.5) is 4.79 Å². The molecule has 0 aliphatic carbocycles. The molecule has 2 aliphatic rings. The van der Waals surface area contributed by atoms with Crippen LogP contribution < -0.4 is 0 Å². The van der Waals surface area contributed by atoms with Gasteiger partial charge in [0.15, 0.2) is 0 Å². The topological polar surface area (TPSA) is 76.6 Å². The summed E-state index contributed by atoms with van der Waals surface area (Å²) in [5, 5.41) is 12.2. The number of urea groups is 1. The van der Waals surface area contributed by atoms with E-state index in [0.717, 1.165) is 51.7 Å². The number of nitrogens with zero attached hydrogens (tertiary/aromatic N) is 2. The van der Waals surface area contributed by atoms with Crippen molar-refractivity contribution in [1.29, 1.82) is 0 Å². The number of unbranched alkanes of at least 4 members (excludes halogenated alkanes) is 1. The summed E-state index contributed by atoms with van der Waals surface area (Å²) in [4.78, 5) is 33.7. The highest BCUT2D eigenvalue weighted by Crippen LogP contribution is 2.45. The van der Waals surface area contributed by atoms with E-state index >= 15 is 0 Å². The van der Waals surface area contributed by atoms with Gasteiger partial charge in [-0.25, -0.2) is 4.79 Å². The van der Waals surface area contributed by atoms with Crippen LogP contribution in [-0.2, 0) is 11.2 Å². The van der Waals surface area contributed by atoms with Crippen molar-refractivity contribution >= 4 is 46.0 Å². The fourth-order valence-corrected chi connectivity index (χ4v) is 5.89. The molecule has 6 rings (SSSR count). The highest BCUT2D eigenvalue weighted by molar-refractivity contribution is 6.42. The lowest BCUT2D eigenvalue weighted by molar-refractivity contribution is -0.128. The average molecular weight is 534 g/mol. The molecule has 0 spiro atoms. The van der Waals surface area contributed by atoms with Crippen LogP contribution in [0.25, 0.3) is 22.0 Å². The van der Waals surface area contributed by atoms with Gasteiger partial charge in [-0.1, -0.05) is 60.8 Å². The first-order chi connectivity index (χ1) is 17.9. The Morgan fingerprint density at radius 3 is 2.54 bits per heavy atom. The van der Waals surface area contributed by atoms with Gasteiger partial charge in [-0.05, 0) is 65.1 Å². The van der Waals surface area contributed by atoms with Crippen molar-refractivity contribution in [3.63, 3.8) is 0 Å². The molecule has 3 aromatic carbocycles. The first-order valence-corrected chi connectivity index (χ1v) is 13.2. The van der Waals surface area contributed by atoms with Crippen LogP contribution in [0, 0.1) is 0 Å². The zero-order chi connectivity index (χ0) is 25.8. The smallest absolute Gasteiger partial charge is 0.328 e. The van der Waals surface area contributed by atoms with E-state index in [9.17, 15) is 14.7 Å². The molecule has 37 heavy (non-hydrogen) atoms. The van der Waals surface area contributed by atoms with Crippen LogP contribution in [0.5, 0.6) is 5.75 Å². The van der Waals surface area contributed by atoms with Crippen molar-refractivity contribution in [3.8, 4) is 16.9 Å². The Balaban J connectivity index is 1.52. The van der Waals surface area contributed by atoms with E-state index in [1.165, 1.54) is 4.90 Å². The van der Waals surface area contributed by atoms with Gasteiger partial charge in [0.2, 0.25) is 0 Å². The lowest BCUT2D eigenvalue weighted by Crippen LogP contribution is -2.44. The number of phenolic OH excluding ortho intramolecular Hbond substituents is 1. The molecule has 1 aromatic heterocycles. The Kier molecular flexibility index (Phi) is 5.89. The van der Waals surface area contributed by atoms with Crippen molar-refractivity contribution in [3.05, 3.63) is 87.5 Å². The predicted molar refractivity (Wildman–Crippen MR) is 145 cm³/mol. The number of fused-ring (bicyclic) bond motifs is 4. The van der Waals surface area contributed by atoms with Gasteiger partial charge in [0, 0.05) is 29.6 Å². The van der Waals surface area contributed by atoms with Crippen LogP contribution in [0.2, 0.25) is 10.0 Å². The van der Waals surface area contributed by atoms with E-state index < -0.39 is 12.1 Å². The number of benzene rings is 3. The summed E-state index contributed by atoms with van der Waals surface area (Å²) in [7, 11) is 0. The van der Waals surface area contributed by atoms with Crippen LogP contribution >= 0.6 is 23.2 Å². The lowest BCUT2D eigenvalue weighted by atomic mass is 9.88. The number of aromatic hydroxyl groups is 1. The predicted octanol–water partition coefficient (Wildman–Crippen LogP) is 6.93. The fourth-order valence-electron chi connectivity index (χ4n) is 5.60. The molecular formula is C29H25Cl2N3O3. The second-order valence-electron chi connectivity index (χ2n) is 9.66. The number of nitrogens with one attached hydrogen (secondary N) is 1. The van der Waals surface area contributed by atoms with Gasteiger partial charge in [-0.3, -0.25) is 14.6 Å². The zero-order valence-electron chi connectivity index (χ0n) is 20.2. The van der Waals surface area contributed by atoms with E-state index in [4.69, 9.17) is 23.2 Å². The molecule has 6 nitrogen and oxygen atoms in total. The van der Waals surface area contributed by atoms with Crippen LogP contribution in [0.1, 0.15) is 42.6 Å². The number of aromatic nitrogens is 1. The molecule has 3 heterocycles. The number of hydrogen-bond acceptors (Lipinski definition) is 3. The quantitative estimate of drug-likeness (QED) is 0.273. The molecule has 3 amide bonds. The van der Waals surface area contributed by atoms with Crippen molar-refractivity contribution in [2.75, 3.05) is 6.54 Å². The summed E-state index contributed by atoms with van der Waals surface area (Å²) in [6.45, 7) is 2.44. The molecule has 1 saturated heterocycles. The Hall–Kier alpha value is -3.48. The van der Waals surface area contributed by atoms with Crippen LogP contribution in [0.15, 0.2) is 60.7 Å². The number of halogens is 2. The first kappa shape index (κ1) is 23.9. The Morgan fingerprint density at radius 2 is 1.78 bits per heavy atom. The molecule has 4 aromatic rings. The van der Waals surface area contributed by atoms with Crippen molar-refractivity contribution < 1.29 is 14.7 Å². The summed E-state index contributed by atoms with van der Waals surface area (Å²) < 4.78 is 0. The third-order valence-electron chi connectivity index (χ3n) is 7.40. The largest absolute Gasteiger partial charge is 0.508 e. The van der Waals surface area contributed by atoms with Gasteiger partial charge in [-0.2, -0.15) is 0 Å². The highest BCUT2D eigenvalue weighted by atomic mass is 35.5. The number of carbonyl (C=O) groups excluding carboxylic acids is 2. The van der Waals surface area contributed by atoms with Crippen molar-refractivity contribution in [2.45, 2.75) is 38.3 Å². The van der Waals surface area contributed by atoms with Gasteiger partial charge in [0.25, 0.3) is 5.91 Å². The molecular weight excluding hydrogens is 509 g/mol. The monoisotopic (exact) mass is 533 g/mol. The Labute approximate surface area is 224 Å². The molecule has 2 atom stereocenters. The minimum atomic E-state index is -0.600. The minimum absolute atomic E-state index is 0.111. The molecule has 8 heteroatoms.